The minimum Gasteiger partial charge on any atom is -0.507 e. The Hall–Kier alpha value is -2.38. The van der Waals surface area contributed by atoms with Crippen molar-refractivity contribution < 1.29 is 117 Å². The molecule has 0 spiro atoms. The van der Waals surface area contributed by atoms with Crippen LogP contribution in [0, 0.1) is 47.3 Å². The third-order valence-electron chi connectivity index (χ3n) is 19.1. The van der Waals surface area contributed by atoms with Crippen LogP contribution in [0.25, 0.3) is 0 Å². The van der Waals surface area contributed by atoms with Crippen LogP contribution in [-0.4, -0.2) is 258 Å². The second-order valence-corrected chi connectivity index (χ2v) is 27.6. The Morgan fingerprint density at radius 1 is 0.551 bits per heavy atom. The van der Waals surface area contributed by atoms with Crippen LogP contribution in [0.2, 0.25) is 0 Å². The number of amides is 1. The number of ketones is 1. The van der Waals surface area contributed by atoms with Gasteiger partial charge < -0.3 is 112 Å². The van der Waals surface area contributed by atoms with Crippen LogP contribution in [-0.2, 0) is 9.59 Å². The molecule has 0 aromatic carbocycles. The van der Waals surface area contributed by atoms with Gasteiger partial charge in [0, 0.05) is 43.6 Å². The summed E-state index contributed by atoms with van der Waals surface area (Å²) < 4.78 is 0. The summed E-state index contributed by atoms with van der Waals surface area (Å²) in [5.41, 5.74) is -1.82. The number of nitrogens with zero attached hydrogens (tertiary/aromatic N) is 1. The van der Waals surface area contributed by atoms with Gasteiger partial charge in [0.1, 0.15) is 41.9 Å². The van der Waals surface area contributed by atoms with Gasteiger partial charge in [0.25, 0.3) is 5.91 Å². The molecule has 24 heteroatoms. The van der Waals surface area contributed by atoms with E-state index in [-0.39, 0.29) is 67.6 Å². The highest BCUT2D eigenvalue weighted by Gasteiger charge is 2.53. The molecule has 21 N–H and O–H groups in total. The molecule has 2 aliphatic rings. The zero-order chi connectivity index (χ0) is 68.9. The average molecular weight is 1290 g/mol. The fourth-order valence-corrected chi connectivity index (χ4v) is 12.7. The maximum Gasteiger partial charge on any atom is 0.261 e. The fourth-order valence-electron chi connectivity index (χ4n) is 12.7. The average Bonchev–Trinajstić information content (AvgIpc) is 3.92. The van der Waals surface area contributed by atoms with Gasteiger partial charge in [-0.2, -0.15) is 0 Å². The maximum atomic E-state index is 12.4. The molecule has 0 radical (unpaired) electrons. The van der Waals surface area contributed by atoms with Crippen molar-refractivity contribution in [3.05, 3.63) is 23.0 Å². The van der Waals surface area contributed by atoms with Gasteiger partial charge in [-0.15, -0.1) is 0 Å². The molecule has 0 aromatic heterocycles. The molecule has 0 aromatic rings. The summed E-state index contributed by atoms with van der Waals surface area (Å²) in [5.74, 6) is -5.38. The van der Waals surface area contributed by atoms with Gasteiger partial charge in [0.15, 0.2) is 5.78 Å². The van der Waals surface area contributed by atoms with Gasteiger partial charge >= 0.3 is 0 Å². The predicted molar refractivity (Wildman–Crippen MR) is 333 cm³/mol. The van der Waals surface area contributed by atoms with Crippen molar-refractivity contribution in [2.45, 2.75) is 320 Å². The van der Waals surface area contributed by atoms with Crippen LogP contribution in [0.4, 0.5) is 0 Å². The molecular weight excluding hydrogens is 1160 g/mol. The number of aliphatic hydroxyl groups is 21. The molecule has 1 aliphatic heterocycles. The first-order chi connectivity index (χ1) is 41.1. The standard InChI is InChI=1S/C35H63NO10.C30H60O13/c1-16(2)29(40)20(6)25(37)15-26(38)21(7)31(42)22(8)32(43)23(9)33(44)27(39)14-18(4)12-17(3)13-19(5)30(41)28-34(45)24(10)36(11)35(28)46;1-3-4-5-6-7-8-9-10-19(32)16-30(43)15-18(24(37)28(41)29(30)42)12-22(35)25(38)27(40)26(39)23(36)14-21(34)13-20(33)11-17(2)31/h13,16-18,20-27,29,31-33,37-44H,12,14-15H2,1-11H3;17-29,31-43H,3-16H2,1-2H3/b19-13+,30-28+;. The zero-order valence-corrected chi connectivity index (χ0v) is 55.4. The number of likely N-dealkylation sites (N-methyl/N-ethyl adjacent to an activating group) is 1. The number of hydrogen-bond donors (Lipinski definition) is 21. The molecule has 1 amide bonds. The highest BCUT2D eigenvalue weighted by atomic mass is 16.4. The summed E-state index contributed by atoms with van der Waals surface area (Å²) in [5, 5.41) is 220. The maximum absolute atomic E-state index is 12.4. The Labute approximate surface area is 528 Å². The SMILES string of the molecule is CC(=C\C(C)CC(C)CC(O)C(O)C(C)C(O)C(C)C(O)C(C)C(O)CC(O)C(C)C(O)C(C)C)/C(O)=C1/C(=O)C(C)N(C)C1=O.CCCCCCCCCC(O)CC1(O)CC(CC(O)C(O)C(O)C(O)C(O)CC(O)CC(O)CC(C)O)C(O)C(O)C1O. The molecular formula is C65H123NO23. The van der Waals surface area contributed by atoms with Crippen LogP contribution in [0.5, 0.6) is 0 Å². The summed E-state index contributed by atoms with van der Waals surface area (Å²) in [6.45, 7) is 20.8. The first-order valence-corrected chi connectivity index (χ1v) is 32.7. The number of Topliss-reactive ketones (excluding diaryl/α,β-unsaturated/α-hetero) is 1. The molecule has 1 aliphatic carbocycles. The number of unbranched alkanes of at least 4 members (excludes halogenated alkanes) is 6. The molecule has 526 valence electrons. The normalized spacial score (nSPS) is 28.5. The van der Waals surface area contributed by atoms with Crippen molar-refractivity contribution in [3.8, 4) is 0 Å². The summed E-state index contributed by atoms with van der Waals surface area (Å²) in [7, 11) is 1.51. The van der Waals surface area contributed by atoms with Crippen LogP contribution >= 0.6 is 0 Å². The van der Waals surface area contributed by atoms with E-state index in [9.17, 15) is 117 Å². The lowest BCUT2D eigenvalue weighted by molar-refractivity contribution is -0.219. The third kappa shape index (κ3) is 26.4. The Bertz CT molecular complexity index is 2050. The molecule has 28 atom stereocenters. The highest BCUT2D eigenvalue weighted by molar-refractivity contribution is 6.26. The first kappa shape index (κ1) is 84.6. The number of carbonyl (C=O) groups is 2. The lowest BCUT2D eigenvalue weighted by Gasteiger charge is -2.47. The van der Waals surface area contributed by atoms with Crippen molar-refractivity contribution in [3.63, 3.8) is 0 Å². The predicted octanol–water partition coefficient (Wildman–Crippen LogP) is 0.523. The van der Waals surface area contributed by atoms with E-state index >= 15 is 0 Å². The van der Waals surface area contributed by atoms with Crippen LogP contribution in [0.15, 0.2) is 23.0 Å². The smallest absolute Gasteiger partial charge is 0.261 e. The number of hydrogen-bond acceptors (Lipinski definition) is 23. The first-order valence-electron chi connectivity index (χ1n) is 32.7. The lowest BCUT2D eigenvalue weighted by Crippen LogP contribution is -2.62. The third-order valence-corrected chi connectivity index (χ3v) is 19.1. The van der Waals surface area contributed by atoms with Gasteiger partial charge in [-0.1, -0.05) is 113 Å². The number of allylic oxidation sites excluding steroid dienone is 2. The van der Waals surface area contributed by atoms with E-state index in [2.05, 4.69) is 6.92 Å². The van der Waals surface area contributed by atoms with Crippen molar-refractivity contribution >= 4 is 11.7 Å². The van der Waals surface area contributed by atoms with Crippen molar-refractivity contribution in [2.24, 2.45) is 47.3 Å². The molecule has 1 saturated heterocycles. The van der Waals surface area contributed by atoms with Crippen LogP contribution in [0.1, 0.15) is 192 Å². The Balaban J connectivity index is 0.000000892. The number of carbonyl (C=O) groups excluding carboxylic acids is 2. The molecule has 2 fully saturated rings. The quantitative estimate of drug-likeness (QED) is 0.0172. The molecule has 28 unspecified atom stereocenters. The Morgan fingerprint density at radius 3 is 1.55 bits per heavy atom. The second kappa shape index (κ2) is 40.1. The number of rotatable bonds is 40. The largest absolute Gasteiger partial charge is 0.507 e. The lowest BCUT2D eigenvalue weighted by atomic mass is 9.68. The summed E-state index contributed by atoms with van der Waals surface area (Å²) in [6, 6.07) is -0.636. The second-order valence-electron chi connectivity index (χ2n) is 27.6. The van der Waals surface area contributed by atoms with E-state index in [1.54, 1.807) is 47.6 Å². The minimum absolute atomic E-state index is 0.0186. The summed E-state index contributed by atoms with van der Waals surface area (Å²) >= 11 is 0. The molecule has 0 bridgehead atoms. The van der Waals surface area contributed by atoms with Gasteiger partial charge in [-0.3, -0.25) is 9.59 Å². The van der Waals surface area contributed by atoms with Crippen molar-refractivity contribution in [2.75, 3.05) is 7.05 Å². The van der Waals surface area contributed by atoms with E-state index in [4.69, 9.17) is 0 Å². The molecule has 24 nitrogen and oxygen atoms in total. The monoisotopic (exact) mass is 1290 g/mol. The molecule has 1 heterocycles. The van der Waals surface area contributed by atoms with Gasteiger partial charge in [-0.25, -0.2) is 0 Å². The Kier molecular flexibility index (Phi) is 38.1. The highest BCUT2D eigenvalue weighted by Crippen LogP contribution is 2.40. The molecule has 2 rings (SSSR count). The van der Waals surface area contributed by atoms with E-state index in [1.165, 1.54) is 25.3 Å². The van der Waals surface area contributed by atoms with Crippen LogP contribution < -0.4 is 0 Å². The topological polar surface area (TPSA) is 462 Å². The van der Waals surface area contributed by atoms with E-state index in [0.29, 0.717) is 24.8 Å². The van der Waals surface area contributed by atoms with Gasteiger partial charge in [-0.05, 0) is 101 Å². The Morgan fingerprint density at radius 2 is 1.03 bits per heavy atom. The molecule has 89 heavy (non-hydrogen) atoms. The van der Waals surface area contributed by atoms with Crippen molar-refractivity contribution in [1.29, 1.82) is 0 Å². The molecule has 1 saturated carbocycles. The zero-order valence-electron chi connectivity index (χ0n) is 55.4. The fraction of sp³-hybridized carbons (Fsp3) is 0.908. The van der Waals surface area contributed by atoms with Crippen LogP contribution in [0.3, 0.4) is 0 Å². The number of aliphatic hydroxyl groups excluding tert-OH is 20. The van der Waals surface area contributed by atoms with E-state index in [0.717, 1.165) is 32.1 Å². The summed E-state index contributed by atoms with van der Waals surface area (Å²) in [6.07, 6.45) is -18.6. The van der Waals surface area contributed by atoms with E-state index in [1.807, 2.05) is 27.7 Å². The number of likely N-dealkylation sites (tertiary alicyclic amines) is 1. The van der Waals surface area contributed by atoms with Gasteiger partial charge in [0.05, 0.1) is 97.1 Å². The van der Waals surface area contributed by atoms with E-state index < -0.39 is 182 Å². The van der Waals surface area contributed by atoms with Crippen molar-refractivity contribution in [1.82, 2.24) is 4.90 Å². The minimum atomic E-state index is -2.10. The summed E-state index contributed by atoms with van der Waals surface area (Å²) in [4.78, 5) is 26.1. The van der Waals surface area contributed by atoms with Gasteiger partial charge in [0.2, 0.25) is 0 Å².